The Morgan fingerprint density at radius 2 is 2.46 bits per heavy atom. The predicted octanol–water partition coefficient (Wildman–Crippen LogP) is 1.36. The minimum atomic E-state index is -0.199. The van der Waals surface area contributed by atoms with Crippen LogP contribution in [0.3, 0.4) is 0 Å². The monoisotopic (exact) mass is 216 g/mol. The zero-order valence-electron chi connectivity index (χ0n) is 6.94. The number of carbonyl (C=O) groups is 2. The summed E-state index contributed by atoms with van der Waals surface area (Å²) in [5.74, 6) is -0.0512. The van der Waals surface area contributed by atoms with Crippen LogP contribution in [0.15, 0.2) is 11.6 Å². The fourth-order valence-corrected chi connectivity index (χ4v) is 1.56. The number of anilines is 1. The van der Waals surface area contributed by atoms with E-state index in [9.17, 15) is 9.59 Å². The fourth-order valence-electron chi connectivity index (χ4n) is 0.608. The predicted molar refractivity (Wildman–Crippen MR) is 53.9 cm³/mol. The van der Waals surface area contributed by atoms with E-state index in [2.05, 4.69) is 10.3 Å². The topological polar surface area (TPSA) is 59.1 Å². The average Bonchev–Trinajstić information content (AvgIpc) is 2.53. The first-order valence-corrected chi connectivity index (χ1v) is 5.37. The maximum atomic E-state index is 11.1. The highest BCUT2D eigenvalue weighted by Gasteiger charge is 2.05. The lowest BCUT2D eigenvalue weighted by atomic mass is 10.7. The first-order chi connectivity index (χ1) is 6.18. The molecule has 0 aliphatic heterocycles. The van der Waals surface area contributed by atoms with Crippen LogP contribution >= 0.6 is 23.1 Å². The first-order valence-electron chi connectivity index (χ1n) is 3.51. The van der Waals surface area contributed by atoms with Crippen LogP contribution in [0.2, 0.25) is 0 Å². The van der Waals surface area contributed by atoms with Crippen molar-refractivity contribution >= 4 is 39.3 Å². The normalized spacial score (nSPS) is 9.62. The second-order valence-corrected chi connectivity index (χ2v) is 4.21. The highest BCUT2D eigenvalue weighted by atomic mass is 32.2. The van der Waals surface area contributed by atoms with E-state index >= 15 is 0 Å². The summed E-state index contributed by atoms with van der Waals surface area (Å²) >= 11 is 2.34. The molecule has 0 fully saturated rings. The maximum absolute atomic E-state index is 11.1. The van der Waals surface area contributed by atoms with Gasteiger partial charge in [-0.25, -0.2) is 4.98 Å². The smallest absolute Gasteiger partial charge is 0.236 e. The highest BCUT2D eigenvalue weighted by Crippen LogP contribution is 2.11. The lowest BCUT2D eigenvalue weighted by Crippen LogP contribution is -2.14. The van der Waals surface area contributed by atoms with Gasteiger partial charge in [0, 0.05) is 18.5 Å². The lowest BCUT2D eigenvalue weighted by Gasteiger charge is -1.98. The van der Waals surface area contributed by atoms with E-state index in [1.807, 2.05) is 0 Å². The Morgan fingerprint density at radius 1 is 1.69 bits per heavy atom. The molecule has 0 aliphatic carbocycles. The van der Waals surface area contributed by atoms with Crippen LogP contribution in [0.5, 0.6) is 0 Å². The quantitative estimate of drug-likeness (QED) is 0.828. The number of carbonyl (C=O) groups excluding carboxylic acids is 2. The molecular weight excluding hydrogens is 208 g/mol. The van der Waals surface area contributed by atoms with Crippen LogP contribution in [0, 0.1) is 0 Å². The molecule has 1 N–H and O–H groups in total. The van der Waals surface area contributed by atoms with Crippen molar-refractivity contribution in [1.29, 1.82) is 0 Å². The zero-order chi connectivity index (χ0) is 9.68. The molecular formula is C7H8N2O2S2. The van der Waals surface area contributed by atoms with Crippen molar-refractivity contribution < 1.29 is 9.59 Å². The number of hydrogen-bond acceptors (Lipinski definition) is 5. The second kappa shape index (κ2) is 4.98. The number of nitrogens with zero attached hydrogens (tertiary/aromatic N) is 1. The molecule has 0 atom stereocenters. The SMILES string of the molecule is CC(=O)SCC(=O)Nc1nccs1. The number of hydrogen-bond donors (Lipinski definition) is 1. The molecule has 4 nitrogen and oxygen atoms in total. The van der Waals surface area contributed by atoms with Gasteiger partial charge in [0.25, 0.3) is 0 Å². The van der Waals surface area contributed by atoms with Gasteiger partial charge in [-0.1, -0.05) is 11.8 Å². The standard InChI is InChI=1S/C7H8N2O2S2/c1-5(10)13-4-6(11)9-7-8-2-3-12-7/h2-3H,4H2,1H3,(H,8,9,11). The van der Waals surface area contributed by atoms with Gasteiger partial charge in [-0.2, -0.15) is 0 Å². The van der Waals surface area contributed by atoms with E-state index in [1.54, 1.807) is 11.6 Å². The largest absolute Gasteiger partial charge is 0.301 e. The summed E-state index contributed by atoms with van der Waals surface area (Å²) in [6, 6.07) is 0. The van der Waals surface area contributed by atoms with Gasteiger partial charge in [0.2, 0.25) is 5.91 Å². The summed E-state index contributed by atoms with van der Waals surface area (Å²) in [7, 11) is 0. The minimum Gasteiger partial charge on any atom is -0.301 e. The van der Waals surface area contributed by atoms with Crippen LogP contribution in [-0.2, 0) is 9.59 Å². The maximum Gasteiger partial charge on any atom is 0.236 e. The van der Waals surface area contributed by atoms with Gasteiger partial charge in [0.05, 0.1) is 5.75 Å². The van der Waals surface area contributed by atoms with Crippen molar-refractivity contribution in [3.05, 3.63) is 11.6 Å². The van der Waals surface area contributed by atoms with Crippen molar-refractivity contribution in [3.63, 3.8) is 0 Å². The van der Waals surface area contributed by atoms with E-state index in [1.165, 1.54) is 18.3 Å². The summed E-state index contributed by atoms with van der Waals surface area (Å²) < 4.78 is 0. The lowest BCUT2D eigenvalue weighted by molar-refractivity contribution is -0.114. The Kier molecular flexibility index (Phi) is 3.91. The summed E-state index contributed by atoms with van der Waals surface area (Å²) in [4.78, 5) is 25.5. The molecule has 1 rings (SSSR count). The molecule has 1 amide bonds. The Bertz CT molecular complexity index is 297. The van der Waals surface area contributed by atoms with Crippen LogP contribution in [0.1, 0.15) is 6.92 Å². The van der Waals surface area contributed by atoms with Crippen molar-refractivity contribution in [1.82, 2.24) is 4.98 Å². The zero-order valence-corrected chi connectivity index (χ0v) is 8.58. The van der Waals surface area contributed by atoms with E-state index in [-0.39, 0.29) is 16.8 Å². The molecule has 1 aromatic heterocycles. The van der Waals surface area contributed by atoms with Gasteiger partial charge in [-0.05, 0) is 0 Å². The Labute approximate surface area is 83.7 Å². The van der Waals surface area contributed by atoms with Gasteiger partial charge in [-0.3, -0.25) is 9.59 Å². The molecule has 0 unspecified atom stereocenters. The number of amides is 1. The molecule has 0 saturated carbocycles. The average molecular weight is 216 g/mol. The van der Waals surface area contributed by atoms with Crippen molar-refractivity contribution in [2.24, 2.45) is 0 Å². The minimum absolute atomic E-state index is 0.0608. The molecule has 1 heterocycles. The number of nitrogens with one attached hydrogen (secondary N) is 1. The number of rotatable bonds is 3. The number of aromatic nitrogens is 1. The van der Waals surface area contributed by atoms with Crippen LogP contribution in [0.4, 0.5) is 5.13 Å². The van der Waals surface area contributed by atoms with E-state index in [4.69, 9.17) is 0 Å². The molecule has 0 aromatic carbocycles. The molecule has 6 heteroatoms. The summed E-state index contributed by atoms with van der Waals surface area (Å²) in [6.45, 7) is 1.43. The van der Waals surface area contributed by atoms with E-state index < -0.39 is 0 Å². The summed E-state index contributed by atoms with van der Waals surface area (Å²) in [5, 5.41) is 4.85. The van der Waals surface area contributed by atoms with E-state index in [0.717, 1.165) is 11.8 Å². The van der Waals surface area contributed by atoms with Gasteiger partial charge < -0.3 is 5.32 Å². The molecule has 0 aliphatic rings. The van der Waals surface area contributed by atoms with Crippen LogP contribution in [0.25, 0.3) is 0 Å². The second-order valence-electron chi connectivity index (χ2n) is 2.17. The third kappa shape index (κ3) is 4.05. The van der Waals surface area contributed by atoms with Gasteiger partial charge >= 0.3 is 0 Å². The van der Waals surface area contributed by atoms with Gasteiger partial charge in [0.1, 0.15) is 0 Å². The molecule has 0 saturated heterocycles. The number of thioether (sulfide) groups is 1. The van der Waals surface area contributed by atoms with Crippen molar-refractivity contribution in [2.75, 3.05) is 11.1 Å². The Morgan fingerprint density at radius 3 is 3.00 bits per heavy atom. The first kappa shape index (κ1) is 10.2. The van der Waals surface area contributed by atoms with E-state index in [0.29, 0.717) is 5.13 Å². The van der Waals surface area contributed by atoms with Gasteiger partial charge in [-0.15, -0.1) is 11.3 Å². The van der Waals surface area contributed by atoms with Crippen molar-refractivity contribution in [3.8, 4) is 0 Å². The summed E-state index contributed by atoms with van der Waals surface area (Å²) in [6.07, 6.45) is 1.61. The summed E-state index contributed by atoms with van der Waals surface area (Å²) in [5.41, 5.74) is 0. The third-order valence-corrected chi connectivity index (χ3v) is 2.59. The number of thiazole rings is 1. The molecule has 0 spiro atoms. The Balaban J connectivity index is 2.30. The fraction of sp³-hybridized carbons (Fsp3) is 0.286. The molecule has 0 bridgehead atoms. The molecule has 1 aromatic rings. The van der Waals surface area contributed by atoms with Crippen LogP contribution < -0.4 is 5.32 Å². The van der Waals surface area contributed by atoms with Crippen LogP contribution in [-0.4, -0.2) is 21.8 Å². The molecule has 70 valence electrons. The van der Waals surface area contributed by atoms with Crippen molar-refractivity contribution in [2.45, 2.75) is 6.92 Å². The molecule has 13 heavy (non-hydrogen) atoms. The van der Waals surface area contributed by atoms with Gasteiger partial charge in [0.15, 0.2) is 10.2 Å². The molecule has 0 radical (unpaired) electrons. The highest BCUT2D eigenvalue weighted by molar-refractivity contribution is 8.14. The third-order valence-electron chi connectivity index (χ3n) is 1.09. The Hall–Kier alpha value is -0.880.